The van der Waals surface area contributed by atoms with Crippen LogP contribution in [0.15, 0.2) is 76.5 Å². The van der Waals surface area contributed by atoms with Gasteiger partial charge in [-0.15, -0.1) is 0 Å². The molecule has 2 aromatic carbocycles. The molecule has 1 fully saturated rings. The smallest absolute Gasteiger partial charge is 0.271 e. The van der Waals surface area contributed by atoms with Crippen LogP contribution >= 0.6 is 0 Å². The first-order valence-corrected chi connectivity index (χ1v) is 10.1. The van der Waals surface area contributed by atoms with E-state index >= 15 is 0 Å². The summed E-state index contributed by atoms with van der Waals surface area (Å²) in [7, 11) is 0. The Bertz CT molecular complexity index is 975. The second-order valence-corrected chi connectivity index (χ2v) is 7.26. The molecular formula is C24H24FN3O2. The Kier molecular flexibility index (Phi) is 6.35. The van der Waals surface area contributed by atoms with Crippen LogP contribution in [0.25, 0.3) is 6.08 Å². The lowest BCUT2D eigenvalue weighted by molar-refractivity contribution is 0.0548. The summed E-state index contributed by atoms with van der Waals surface area (Å²) in [6.45, 7) is 3.07. The fourth-order valence-corrected chi connectivity index (χ4v) is 3.76. The van der Waals surface area contributed by atoms with Gasteiger partial charge in [0.2, 0.25) is 0 Å². The van der Waals surface area contributed by atoms with Crippen molar-refractivity contribution in [1.82, 2.24) is 10.3 Å². The molecule has 4 rings (SSSR count). The molecule has 1 heterocycles. The SMILES string of the molecule is O=C(N/N=C\C1=C(N2CCOCC2)C(=C/c2ccccc2)/CC1)c1ccc(F)cc1. The summed E-state index contributed by atoms with van der Waals surface area (Å²) >= 11 is 0. The predicted molar refractivity (Wildman–Crippen MR) is 115 cm³/mol. The third kappa shape index (κ3) is 4.83. The zero-order valence-electron chi connectivity index (χ0n) is 16.7. The minimum atomic E-state index is -0.376. The summed E-state index contributed by atoms with van der Waals surface area (Å²) in [5.41, 5.74) is 7.63. The van der Waals surface area contributed by atoms with Crippen LogP contribution < -0.4 is 5.43 Å². The van der Waals surface area contributed by atoms with Gasteiger partial charge in [0, 0.05) is 24.4 Å². The van der Waals surface area contributed by atoms with Gasteiger partial charge in [-0.2, -0.15) is 5.10 Å². The number of nitrogens with zero attached hydrogens (tertiary/aromatic N) is 2. The number of hydrogen-bond acceptors (Lipinski definition) is 4. The van der Waals surface area contributed by atoms with E-state index in [1.807, 2.05) is 18.2 Å². The van der Waals surface area contributed by atoms with E-state index in [1.54, 1.807) is 6.21 Å². The largest absolute Gasteiger partial charge is 0.378 e. The lowest BCUT2D eigenvalue weighted by atomic mass is 10.1. The average molecular weight is 405 g/mol. The van der Waals surface area contributed by atoms with E-state index in [4.69, 9.17) is 4.74 Å². The highest BCUT2D eigenvalue weighted by molar-refractivity contribution is 5.95. The van der Waals surface area contributed by atoms with E-state index in [-0.39, 0.29) is 11.7 Å². The van der Waals surface area contributed by atoms with Crippen molar-refractivity contribution < 1.29 is 13.9 Å². The molecular weight excluding hydrogens is 381 g/mol. The zero-order chi connectivity index (χ0) is 20.8. The first kappa shape index (κ1) is 20.0. The van der Waals surface area contributed by atoms with Gasteiger partial charge in [-0.1, -0.05) is 30.3 Å². The molecule has 0 spiro atoms. The van der Waals surface area contributed by atoms with E-state index in [9.17, 15) is 9.18 Å². The van der Waals surface area contributed by atoms with Gasteiger partial charge in [0.1, 0.15) is 5.82 Å². The zero-order valence-corrected chi connectivity index (χ0v) is 16.7. The molecule has 0 aromatic heterocycles. The van der Waals surface area contributed by atoms with Gasteiger partial charge < -0.3 is 9.64 Å². The molecule has 1 aliphatic carbocycles. The Labute approximate surface area is 175 Å². The van der Waals surface area contributed by atoms with E-state index in [0.29, 0.717) is 18.8 Å². The number of benzene rings is 2. The molecule has 1 saturated heterocycles. The molecule has 0 unspecified atom stereocenters. The molecule has 0 saturated carbocycles. The monoisotopic (exact) mass is 405 g/mol. The van der Waals surface area contributed by atoms with Gasteiger partial charge in [0.15, 0.2) is 0 Å². The fourth-order valence-electron chi connectivity index (χ4n) is 3.76. The van der Waals surface area contributed by atoms with Crippen LogP contribution in [0.5, 0.6) is 0 Å². The maximum atomic E-state index is 13.0. The van der Waals surface area contributed by atoms with Gasteiger partial charge in [0.05, 0.1) is 19.4 Å². The van der Waals surface area contributed by atoms with Crippen LogP contribution in [-0.2, 0) is 4.74 Å². The van der Waals surface area contributed by atoms with E-state index in [1.165, 1.54) is 41.1 Å². The molecule has 2 aromatic rings. The number of hydrazone groups is 1. The van der Waals surface area contributed by atoms with Crippen molar-refractivity contribution in [1.29, 1.82) is 0 Å². The van der Waals surface area contributed by atoms with E-state index in [0.717, 1.165) is 31.5 Å². The van der Waals surface area contributed by atoms with Crippen LogP contribution in [0.1, 0.15) is 28.8 Å². The third-order valence-electron chi connectivity index (χ3n) is 5.23. The predicted octanol–water partition coefficient (Wildman–Crippen LogP) is 4.01. The number of hydrogen-bond donors (Lipinski definition) is 1. The van der Waals surface area contributed by atoms with Crippen molar-refractivity contribution in [2.75, 3.05) is 26.3 Å². The van der Waals surface area contributed by atoms with Gasteiger partial charge in [-0.05, 0) is 59.9 Å². The Balaban J connectivity index is 1.55. The van der Waals surface area contributed by atoms with Crippen LogP contribution in [-0.4, -0.2) is 43.3 Å². The first-order chi connectivity index (χ1) is 14.7. The number of carbonyl (C=O) groups is 1. The molecule has 0 atom stereocenters. The molecule has 6 heteroatoms. The molecule has 0 radical (unpaired) electrons. The highest BCUT2D eigenvalue weighted by Crippen LogP contribution is 2.34. The maximum absolute atomic E-state index is 13.0. The van der Waals surface area contributed by atoms with Crippen LogP contribution in [0.3, 0.4) is 0 Å². The maximum Gasteiger partial charge on any atom is 0.271 e. The number of allylic oxidation sites excluding steroid dienone is 2. The normalized spacial score (nSPS) is 18.4. The van der Waals surface area contributed by atoms with Crippen molar-refractivity contribution >= 4 is 18.2 Å². The molecule has 2 aliphatic rings. The van der Waals surface area contributed by atoms with E-state index < -0.39 is 0 Å². The number of rotatable bonds is 5. The number of carbonyl (C=O) groups excluding carboxylic acids is 1. The van der Waals surface area contributed by atoms with Gasteiger partial charge >= 0.3 is 0 Å². The second-order valence-electron chi connectivity index (χ2n) is 7.26. The number of nitrogens with one attached hydrogen (secondary N) is 1. The molecule has 154 valence electrons. The standard InChI is InChI=1S/C24H24FN3O2/c25-22-10-8-19(9-11-22)24(29)27-26-17-21-7-6-20(16-18-4-2-1-3-5-18)23(21)28-12-14-30-15-13-28/h1-5,8-11,16-17H,6-7,12-15H2,(H,27,29)/b20-16+,26-17-. The Morgan fingerprint density at radius 2 is 1.77 bits per heavy atom. The highest BCUT2D eigenvalue weighted by atomic mass is 19.1. The van der Waals surface area contributed by atoms with Gasteiger partial charge in [0.25, 0.3) is 5.91 Å². The number of morpholine rings is 1. The minimum Gasteiger partial charge on any atom is -0.378 e. The van der Waals surface area contributed by atoms with Crippen LogP contribution in [0.4, 0.5) is 4.39 Å². The molecule has 1 aliphatic heterocycles. The summed E-state index contributed by atoms with van der Waals surface area (Å²) in [6.07, 6.45) is 5.75. The molecule has 1 N–H and O–H groups in total. The van der Waals surface area contributed by atoms with Crippen LogP contribution in [0, 0.1) is 5.82 Å². The molecule has 30 heavy (non-hydrogen) atoms. The van der Waals surface area contributed by atoms with Crippen LogP contribution in [0.2, 0.25) is 0 Å². The molecule has 1 amide bonds. The Hall–Kier alpha value is -3.25. The Morgan fingerprint density at radius 3 is 2.50 bits per heavy atom. The van der Waals surface area contributed by atoms with Gasteiger partial charge in [-0.3, -0.25) is 4.79 Å². The first-order valence-electron chi connectivity index (χ1n) is 10.1. The summed E-state index contributed by atoms with van der Waals surface area (Å²) < 4.78 is 18.5. The topological polar surface area (TPSA) is 53.9 Å². The molecule has 0 bridgehead atoms. The minimum absolute atomic E-state index is 0.363. The summed E-state index contributed by atoms with van der Waals surface area (Å²) in [6, 6.07) is 15.7. The summed E-state index contributed by atoms with van der Waals surface area (Å²) in [5.74, 6) is -0.739. The van der Waals surface area contributed by atoms with Gasteiger partial charge in [-0.25, -0.2) is 9.82 Å². The summed E-state index contributed by atoms with van der Waals surface area (Å²) in [4.78, 5) is 14.6. The van der Waals surface area contributed by atoms with Crippen molar-refractivity contribution in [3.63, 3.8) is 0 Å². The average Bonchev–Trinajstić information content (AvgIpc) is 3.17. The second kappa shape index (κ2) is 9.50. The number of ether oxygens (including phenoxy) is 1. The quantitative estimate of drug-likeness (QED) is 0.604. The number of amides is 1. The van der Waals surface area contributed by atoms with Crippen molar-refractivity contribution in [3.8, 4) is 0 Å². The third-order valence-corrected chi connectivity index (χ3v) is 5.23. The lowest BCUT2D eigenvalue weighted by Gasteiger charge is -2.31. The lowest BCUT2D eigenvalue weighted by Crippen LogP contribution is -2.36. The van der Waals surface area contributed by atoms with Crippen molar-refractivity contribution in [3.05, 3.63) is 88.4 Å². The van der Waals surface area contributed by atoms with E-state index in [2.05, 4.69) is 33.6 Å². The fraction of sp³-hybridized carbons (Fsp3) is 0.250. The van der Waals surface area contributed by atoms with Crippen molar-refractivity contribution in [2.24, 2.45) is 5.10 Å². The highest BCUT2D eigenvalue weighted by Gasteiger charge is 2.25. The Morgan fingerprint density at radius 1 is 1.03 bits per heavy atom. The van der Waals surface area contributed by atoms with Crippen molar-refractivity contribution in [2.45, 2.75) is 12.8 Å². The number of halogens is 1. The summed E-state index contributed by atoms with van der Waals surface area (Å²) in [5, 5.41) is 4.18. The molecule has 5 nitrogen and oxygen atoms in total.